The number of hydrogen-bond donors (Lipinski definition) is 0. The third-order valence-corrected chi connectivity index (χ3v) is 2.97. The zero-order chi connectivity index (χ0) is 14.0. The molecule has 0 bridgehead atoms. The van der Waals surface area contributed by atoms with Crippen LogP contribution in [0.25, 0.3) is 0 Å². The minimum Gasteiger partial charge on any atom is -0.494 e. The Kier molecular flexibility index (Phi) is 5.77. The molecule has 0 saturated heterocycles. The van der Waals surface area contributed by atoms with Gasteiger partial charge in [0.1, 0.15) is 11.5 Å². The van der Waals surface area contributed by atoms with E-state index in [9.17, 15) is 4.79 Å². The molecule has 0 amide bonds. The molecule has 0 atom stereocenters. The highest BCUT2D eigenvalue weighted by Crippen LogP contribution is 2.09. The maximum absolute atomic E-state index is 11.8. The highest BCUT2D eigenvalue weighted by atomic mass is 16.5. The van der Waals surface area contributed by atoms with Crippen molar-refractivity contribution in [1.29, 1.82) is 0 Å². The summed E-state index contributed by atoms with van der Waals surface area (Å²) in [6, 6.07) is 15.4. The molecular weight excluding hydrogens is 250 g/mol. The van der Waals surface area contributed by atoms with Crippen LogP contribution >= 0.6 is 0 Å². The number of carbonyl (C=O) groups is 1. The molecule has 0 fully saturated rings. The van der Waals surface area contributed by atoms with Gasteiger partial charge in [-0.25, -0.2) is 0 Å². The molecule has 0 unspecified atom stereocenters. The van der Waals surface area contributed by atoms with Gasteiger partial charge in [-0.1, -0.05) is 24.3 Å². The van der Waals surface area contributed by atoms with E-state index in [1.807, 2.05) is 48.5 Å². The van der Waals surface area contributed by atoms with Crippen LogP contribution in [0.3, 0.4) is 0 Å². The predicted octanol–water partition coefficient (Wildman–Crippen LogP) is 3.44. The van der Waals surface area contributed by atoms with E-state index >= 15 is 0 Å². The van der Waals surface area contributed by atoms with Crippen LogP contribution in [0.15, 0.2) is 54.7 Å². The normalized spacial score (nSPS) is 10.2. The maximum Gasteiger partial charge on any atom is 0.138 e. The number of carbonyl (C=O) groups excluding carboxylic acids is 1. The Morgan fingerprint density at radius 2 is 1.80 bits per heavy atom. The highest BCUT2D eigenvalue weighted by Gasteiger charge is 2.04. The molecule has 0 radical (unpaired) electrons. The molecule has 1 aromatic heterocycles. The minimum absolute atomic E-state index is 0.239. The van der Waals surface area contributed by atoms with E-state index in [-0.39, 0.29) is 5.78 Å². The van der Waals surface area contributed by atoms with Crippen LogP contribution in [0.1, 0.15) is 25.0 Å². The van der Waals surface area contributed by atoms with Gasteiger partial charge in [0.05, 0.1) is 6.61 Å². The summed E-state index contributed by atoms with van der Waals surface area (Å²) in [7, 11) is 0. The number of benzene rings is 1. The molecular formula is C17H19NO2. The number of para-hydroxylation sites is 1. The molecule has 104 valence electrons. The summed E-state index contributed by atoms with van der Waals surface area (Å²) in [6.45, 7) is 0.654. The number of ether oxygens (including phenoxy) is 1. The van der Waals surface area contributed by atoms with Gasteiger partial charge in [-0.05, 0) is 37.1 Å². The Labute approximate surface area is 119 Å². The molecule has 1 aromatic carbocycles. The number of rotatable bonds is 8. The number of unbranched alkanes of at least 4 members (excludes halogenated alkanes) is 1. The second kappa shape index (κ2) is 8.10. The van der Waals surface area contributed by atoms with Crippen LogP contribution < -0.4 is 4.74 Å². The third-order valence-electron chi connectivity index (χ3n) is 2.97. The molecule has 20 heavy (non-hydrogen) atoms. The molecule has 0 aliphatic carbocycles. The monoisotopic (exact) mass is 269 g/mol. The largest absolute Gasteiger partial charge is 0.494 e. The van der Waals surface area contributed by atoms with Crippen molar-refractivity contribution >= 4 is 5.78 Å². The van der Waals surface area contributed by atoms with E-state index in [0.717, 1.165) is 24.3 Å². The van der Waals surface area contributed by atoms with Crippen molar-refractivity contribution < 1.29 is 9.53 Å². The van der Waals surface area contributed by atoms with Crippen molar-refractivity contribution in [3.05, 3.63) is 60.4 Å². The second-order valence-electron chi connectivity index (χ2n) is 4.66. The molecule has 0 aliphatic rings. The zero-order valence-electron chi connectivity index (χ0n) is 11.5. The van der Waals surface area contributed by atoms with E-state index in [0.29, 0.717) is 19.4 Å². The molecule has 3 nitrogen and oxygen atoms in total. The van der Waals surface area contributed by atoms with Crippen molar-refractivity contribution in [2.75, 3.05) is 6.61 Å². The summed E-state index contributed by atoms with van der Waals surface area (Å²) in [5, 5.41) is 0. The Balaban J connectivity index is 1.58. The van der Waals surface area contributed by atoms with Gasteiger partial charge in [0, 0.05) is 24.7 Å². The minimum atomic E-state index is 0.239. The van der Waals surface area contributed by atoms with E-state index in [4.69, 9.17) is 4.74 Å². The van der Waals surface area contributed by atoms with Crippen LogP contribution in [0.5, 0.6) is 5.75 Å². The Morgan fingerprint density at radius 1 is 1.00 bits per heavy atom. The lowest BCUT2D eigenvalue weighted by Crippen LogP contribution is -2.05. The second-order valence-corrected chi connectivity index (χ2v) is 4.66. The average Bonchev–Trinajstić information content (AvgIpc) is 2.49. The van der Waals surface area contributed by atoms with Gasteiger partial charge < -0.3 is 4.74 Å². The number of ketones is 1. The van der Waals surface area contributed by atoms with Gasteiger partial charge >= 0.3 is 0 Å². The summed E-state index contributed by atoms with van der Waals surface area (Å²) in [6.07, 6.45) is 4.49. The lowest BCUT2D eigenvalue weighted by atomic mass is 10.1. The van der Waals surface area contributed by atoms with Crippen LogP contribution in [0.2, 0.25) is 0 Å². The van der Waals surface area contributed by atoms with E-state index in [1.165, 1.54) is 0 Å². The molecule has 1 heterocycles. The first-order chi connectivity index (χ1) is 9.84. The van der Waals surface area contributed by atoms with Crippen molar-refractivity contribution in [1.82, 2.24) is 4.98 Å². The molecule has 0 saturated carbocycles. The fourth-order valence-electron chi connectivity index (χ4n) is 1.92. The average molecular weight is 269 g/mol. The Morgan fingerprint density at radius 3 is 2.55 bits per heavy atom. The van der Waals surface area contributed by atoms with Crippen LogP contribution in [0, 0.1) is 0 Å². The first kappa shape index (κ1) is 14.3. The van der Waals surface area contributed by atoms with Gasteiger partial charge in [0.25, 0.3) is 0 Å². The van der Waals surface area contributed by atoms with Gasteiger partial charge in [-0.15, -0.1) is 0 Å². The molecule has 2 rings (SSSR count). The smallest absolute Gasteiger partial charge is 0.138 e. The van der Waals surface area contributed by atoms with Gasteiger partial charge in [-0.2, -0.15) is 0 Å². The van der Waals surface area contributed by atoms with Crippen molar-refractivity contribution in [3.8, 4) is 5.75 Å². The highest BCUT2D eigenvalue weighted by molar-refractivity contribution is 5.80. The number of aromatic nitrogens is 1. The van der Waals surface area contributed by atoms with Crippen molar-refractivity contribution in [2.45, 2.75) is 25.7 Å². The summed E-state index contributed by atoms with van der Waals surface area (Å²) in [4.78, 5) is 15.9. The maximum atomic E-state index is 11.8. The fraction of sp³-hybridized carbons (Fsp3) is 0.294. The third kappa shape index (κ3) is 5.22. The van der Waals surface area contributed by atoms with E-state index in [1.54, 1.807) is 6.20 Å². The van der Waals surface area contributed by atoms with Gasteiger partial charge in [0.2, 0.25) is 0 Å². The Hall–Kier alpha value is -2.16. The lowest BCUT2D eigenvalue weighted by molar-refractivity contribution is -0.118. The lowest BCUT2D eigenvalue weighted by Gasteiger charge is -2.05. The topological polar surface area (TPSA) is 39.2 Å². The molecule has 0 aliphatic heterocycles. The molecule has 0 N–H and O–H groups in total. The molecule has 2 aromatic rings. The van der Waals surface area contributed by atoms with Crippen molar-refractivity contribution in [2.24, 2.45) is 0 Å². The summed E-state index contributed by atoms with van der Waals surface area (Å²) in [5.74, 6) is 1.12. The van der Waals surface area contributed by atoms with Gasteiger partial charge in [-0.3, -0.25) is 9.78 Å². The number of Topliss-reactive ketones (excluding diaryl/α,β-unsaturated/α-hetero) is 1. The SMILES string of the molecule is O=C(CCCCOc1ccccc1)Cc1ccccn1. The predicted molar refractivity (Wildman–Crippen MR) is 78.7 cm³/mol. The van der Waals surface area contributed by atoms with Crippen LogP contribution in [-0.4, -0.2) is 17.4 Å². The first-order valence-corrected chi connectivity index (χ1v) is 6.94. The summed E-state index contributed by atoms with van der Waals surface area (Å²) in [5.41, 5.74) is 0.845. The quantitative estimate of drug-likeness (QED) is 0.689. The number of nitrogens with zero attached hydrogens (tertiary/aromatic N) is 1. The Bertz CT molecular complexity index is 511. The zero-order valence-corrected chi connectivity index (χ0v) is 11.5. The standard InChI is InChI=1S/C17H19NO2/c19-16(14-15-8-4-6-12-18-15)9-5-7-13-20-17-10-2-1-3-11-17/h1-4,6,8,10-12H,5,7,9,13-14H2. The fourth-order valence-corrected chi connectivity index (χ4v) is 1.92. The van der Waals surface area contributed by atoms with E-state index < -0.39 is 0 Å². The number of pyridine rings is 1. The first-order valence-electron chi connectivity index (χ1n) is 6.94. The van der Waals surface area contributed by atoms with Crippen LogP contribution in [-0.2, 0) is 11.2 Å². The van der Waals surface area contributed by atoms with E-state index in [2.05, 4.69) is 4.98 Å². The summed E-state index contributed by atoms with van der Waals surface area (Å²) >= 11 is 0. The molecule has 0 spiro atoms. The van der Waals surface area contributed by atoms with Crippen LogP contribution in [0.4, 0.5) is 0 Å². The molecule has 3 heteroatoms. The number of hydrogen-bond acceptors (Lipinski definition) is 3. The van der Waals surface area contributed by atoms with Crippen molar-refractivity contribution in [3.63, 3.8) is 0 Å². The summed E-state index contributed by atoms with van der Waals surface area (Å²) < 4.78 is 5.58. The van der Waals surface area contributed by atoms with Gasteiger partial charge in [0.15, 0.2) is 0 Å².